The lowest BCUT2D eigenvalue weighted by Crippen LogP contribution is -2.15. The molecule has 126 valence electrons. The van der Waals surface area contributed by atoms with Gasteiger partial charge in [0.2, 0.25) is 5.91 Å². The first-order valence-electron chi connectivity index (χ1n) is 6.46. The number of nitro benzene ring substituents is 1. The lowest BCUT2D eigenvalue weighted by atomic mass is 10.2. The Morgan fingerprint density at radius 2 is 1.96 bits per heavy atom. The normalized spacial score (nSPS) is 11.1. The van der Waals surface area contributed by atoms with Gasteiger partial charge in [0.1, 0.15) is 5.69 Å². The second-order valence-corrected chi connectivity index (χ2v) is 5.49. The SMILES string of the molecule is O=C(CSc1ccc(C(F)(F)F)cn1)Nc1ccccc1[N+](=O)[O-]. The summed E-state index contributed by atoms with van der Waals surface area (Å²) < 4.78 is 37.2. The van der Waals surface area contributed by atoms with Crippen LogP contribution in [0.25, 0.3) is 0 Å². The predicted molar refractivity (Wildman–Crippen MR) is 81.7 cm³/mol. The third-order valence-corrected chi connectivity index (χ3v) is 3.73. The molecule has 0 fully saturated rings. The predicted octanol–water partition coefficient (Wildman–Crippen LogP) is 3.74. The number of benzene rings is 1. The first kappa shape index (κ1) is 17.7. The summed E-state index contributed by atoms with van der Waals surface area (Å²) in [7, 11) is 0. The fraction of sp³-hybridized carbons (Fsp3) is 0.143. The second kappa shape index (κ2) is 7.30. The molecular weight excluding hydrogens is 347 g/mol. The van der Waals surface area contributed by atoms with Crippen molar-refractivity contribution in [1.29, 1.82) is 0 Å². The van der Waals surface area contributed by atoms with E-state index in [2.05, 4.69) is 10.3 Å². The summed E-state index contributed by atoms with van der Waals surface area (Å²) in [5, 5.41) is 13.5. The van der Waals surface area contributed by atoms with Crippen LogP contribution in [0, 0.1) is 10.1 Å². The minimum Gasteiger partial charge on any atom is -0.320 e. The number of thioether (sulfide) groups is 1. The number of aromatic nitrogens is 1. The molecule has 0 bridgehead atoms. The van der Waals surface area contributed by atoms with Crippen LogP contribution in [0.4, 0.5) is 24.5 Å². The van der Waals surface area contributed by atoms with E-state index in [0.29, 0.717) is 6.20 Å². The van der Waals surface area contributed by atoms with Gasteiger partial charge < -0.3 is 5.32 Å². The Kier molecular flexibility index (Phi) is 5.39. The van der Waals surface area contributed by atoms with E-state index in [0.717, 1.165) is 23.9 Å². The van der Waals surface area contributed by atoms with Crippen LogP contribution in [0.2, 0.25) is 0 Å². The third-order valence-electron chi connectivity index (χ3n) is 2.79. The summed E-state index contributed by atoms with van der Waals surface area (Å²) in [5.41, 5.74) is -1.08. The zero-order valence-electron chi connectivity index (χ0n) is 11.9. The van der Waals surface area contributed by atoms with E-state index in [1.807, 2.05) is 0 Å². The van der Waals surface area contributed by atoms with Crippen molar-refractivity contribution in [2.45, 2.75) is 11.2 Å². The highest BCUT2D eigenvalue weighted by Crippen LogP contribution is 2.29. The second-order valence-electron chi connectivity index (χ2n) is 4.49. The van der Waals surface area contributed by atoms with Crippen LogP contribution < -0.4 is 5.32 Å². The summed E-state index contributed by atoms with van der Waals surface area (Å²) in [6.45, 7) is 0. The van der Waals surface area contributed by atoms with Crippen LogP contribution in [0.5, 0.6) is 0 Å². The summed E-state index contributed by atoms with van der Waals surface area (Å²) in [6, 6.07) is 7.67. The van der Waals surface area contributed by atoms with Gasteiger partial charge in [-0.05, 0) is 18.2 Å². The summed E-state index contributed by atoms with van der Waals surface area (Å²) in [4.78, 5) is 25.7. The largest absolute Gasteiger partial charge is 0.417 e. The van der Waals surface area contributed by atoms with E-state index in [1.54, 1.807) is 0 Å². The fourth-order valence-electron chi connectivity index (χ4n) is 1.70. The number of alkyl halides is 3. The minimum absolute atomic E-state index is 0.0495. The number of anilines is 1. The highest BCUT2D eigenvalue weighted by molar-refractivity contribution is 7.99. The average molecular weight is 357 g/mol. The number of hydrogen-bond acceptors (Lipinski definition) is 5. The lowest BCUT2D eigenvalue weighted by molar-refractivity contribution is -0.383. The number of amides is 1. The monoisotopic (exact) mass is 357 g/mol. The Labute approximate surface area is 138 Å². The number of carbonyl (C=O) groups excluding carboxylic acids is 1. The number of pyridine rings is 1. The molecule has 24 heavy (non-hydrogen) atoms. The lowest BCUT2D eigenvalue weighted by Gasteiger charge is -2.07. The Hall–Kier alpha value is -2.62. The molecule has 1 aromatic carbocycles. The number of nitrogens with one attached hydrogen (secondary N) is 1. The van der Waals surface area contributed by atoms with E-state index < -0.39 is 22.6 Å². The molecule has 0 spiro atoms. The Bertz CT molecular complexity index is 751. The number of hydrogen-bond donors (Lipinski definition) is 1. The van der Waals surface area contributed by atoms with Gasteiger partial charge in [0.25, 0.3) is 5.69 Å². The molecule has 2 rings (SSSR count). The van der Waals surface area contributed by atoms with Gasteiger partial charge in [-0.25, -0.2) is 4.98 Å². The molecule has 10 heteroatoms. The number of rotatable bonds is 5. The van der Waals surface area contributed by atoms with Gasteiger partial charge in [-0.2, -0.15) is 13.2 Å². The topological polar surface area (TPSA) is 85.1 Å². The van der Waals surface area contributed by atoms with Crippen LogP contribution in [0.3, 0.4) is 0 Å². The molecule has 1 heterocycles. The van der Waals surface area contributed by atoms with Crippen molar-refractivity contribution in [3.8, 4) is 0 Å². The van der Waals surface area contributed by atoms with Crippen molar-refractivity contribution in [1.82, 2.24) is 4.98 Å². The van der Waals surface area contributed by atoms with Crippen LogP contribution >= 0.6 is 11.8 Å². The fourth-order valence-corrected chi connectivity index (χ4v) is 2.34. The quantitative estimate of drug-likeness (QED) is 0.501. The van der Waals surface area contributed by atoms with Crippen molar-refractivity contribution in [2.75, 3.05) is 11.1 Å². The minimum atomic E-state index is -4.47. The summed E-state index contributed by atoms with van der Waals surface area (Å²) in [6.07, 6.45) is -3.79. The van der Waals surface area contributed by atoms with Crippen molar-refractivity contribution in [3.05, 3.63) is 58.3 Å². The van der Waals surface area contributed by atoms with Gasteiger partial charge in [0.05, 0.1) is 21.3 Å². The molecule has 0 saturated heterocycles. The Morgan fingerprint density at radius 1 is 1.25 bits per heavy atom. The average Bonchev–Trinajstić information content (AvgIpc) is 2.53. The molecule has 0 aliphatic heterocycles. The van der Waals surface area contributed by atoms with Crippen LogP contribution in [0.15, 0.2) is 47.6 Å². The van der Waals surface area contributed by atoms with E-state index in [1.165, 1.54) is 24.3 Å². The highest BCUT2D eigenvalue weighted by atomic mass is 32.2. The van der Waals surface area contributed by atoms with Crippen molar-refractivity contribution >= 4 is 29.0 Å². The van der Waals surface area contributed by atoms with Gasteiger partial charge in [-0.1, -0.05) is 23.9 Å². The van der Waals surface area contributed by atoms with Gasteiger partial charge >= 0.3 is 6.18 Å². The first-order valence-corrected chi connectivity index (χ1v) is 7.45. The smallest absolute Gasteiger partial charge is 0.320 e. The zero-order chi connectivity index (χ0) is 17.7. The van der Waals surface area contributed by atoms with E-state index in [9.17, 15) is 28.1 Å². The van der Waals surface area contributed by atoms with Gasteiger partial charge in [-0.3, -0.25) is 14.9 Å². The molecule has 1 aromatic heterocycles. The molecule has 2 aromatic rings. The van der Waals surface area contributed by atoms with Crippen LogP contribution in [-0.4, -0.2) is 21.6 Å². The number of nitrogens with zero attached hydrogens (tertiary/aromatic N) is 2. The summed E-state index contributed by atoms with van der Waals surface area (Å²) in [5.74, 6) is -0.680. The zero-order valence-corrected chi connectivity index (χ0v) is 12.7. The van der Waals surface area contributed by atoms with E-state index in [-0.39, 0.29) is 22.2 Å². The van der Waals surface area contributed by atoms with E-state index in [4.69, 9.17) is 0 Å². The molecule has 0 aliphatic carbocycles. The Morgan fingerprint density at radius 3 is 2.54 bits per heavy atom. The maximum atomic E-state index is 12.4. The molecule has 0 atom stereocenters. The molecular formula is C14H10F3N3O3S. The molecule has 0 radical (unpaired) electrons. The van der Waals surface area contributed by atoms with E-state index >= 15 is 0 Å². The van der Waals surface area contributed by atoms with Gasteiger partial charge in [-0.15, -0.1) is 0 Å². The highest BCUT2D eigenvalue weighted by Gasteiger charge is 2.30. The van der Waals surface area contributed by atoms with Crippen molar-refractivity contribution in [2.24, 2.45) is 0 Å². The number of para-hydroxylation sites is 2. The van der Waals surface area contributed by atoms with Crippen LogP contribution in [0.1, 0.15) is 5.56 Å². The molecule has 6 nitrogen and oxygen atoms in total. The summed E-state index contributed by atoms with van der Waals surface area (Å²) >= 11 is 0.921. The van der Waals surface area contributed by atoms with Crippen molar-refractivity contribution < 1.29 is 22.9 Å². The molecule has 0 aliphatic rings. The number of carbonyl (C=O) groups is 1. The van der Waals surface area contributed by atoms with Gasteiger partial charge in [0.15, 0.2) is 0 Å². The molecule has 1 N–H and O–H groups in total. The van der Waals surface area contributed by atoms with Crippen LogP contribution in [-0.2, 0) is 11.0 Å². The molecule has 1 amide bonds. The Balaban J connectivity index is 1.96. The third kappa shape index (κ3) is 4.69. The van der Waals surface area contributed by atoms with Gasteiger partial charge in [0, 0.05) is 12.3 Å². The number of nitro groups is 1. The van der Waals surface area contributed by atoms with Crippen molar-refractivity contribution in [3.63, 3.8) is 0 Å². The molecule has 0 saturated carbocycles. The first-order chi connectivity index (χ1) is 11.3. The maximum Gasteiger partial charge on any atom is 0.417 e. The maximum absolute atomic E-state index is 12.4. The number of halogens is 3. The standard InChI is InChI=1S/C14H10F3N3O3S/c15-14(16,17)9-5-6-13(18-7-9)24-8-12(21)19-10-3-1-2-4-11(10)20(22)23/h1-7H,8H2,(H,19,21). The molecule has 0 unspecified atom stereocenters.